The van der Waals surface area contributed by atoms with E-state index in [0.29, 0.717) is 22.4 Å². The number of nitrogens with one attached hydrogen (secondary N) is 1. The maximum Gasteiger partial charge on any atom is 0.344 e. The molecule has 4 aromatic rings. The summed E-state index contributed by atoms with van der Waals surface area (Å²) < 4.78 is 10.8. The second-order valence-corrected chi connectivity index (χ2v) is 7.80. The molecule has 0 aliphatic heterocycles. The van der Waals surface area contributed by atoms with Gasteiger partial charge < -0.3 is 9.47 Å². The van der Waals surface area contributed by atoms with Crippen LogP contribution in [0.2, 0.25) is 0 Å². The number of esters is 1. The van der Waals surface area contributed by atoms with Gasteiger partial charge in [0.2, 0.25) is 0 Å². The Balaban J connectivity index is 1.30. The number of nitrogens with zero attached hydrogens (tertiary/aromatic N) is 2. The molecule has 0 aromatic heterocycles. The van der Waals surface area contributed by atoms with Gasteiger partial charge in [-0.3, -0.25) is 14.9 Å². The molecule has 4 aromatic carbocycles. The zero-order valence-corrected chi connectivity index (χ0v) is 19.2. The molecule has 0 fully saturated rings. The fourth-order valence-electron chi connectivity index (χ4n) is 3.43. The molecule has 0 saturated carbocycles. The minimum Gasteiger partial charge on any atom is -0.477 e. The van der Waals surface area contributed by atoms with Gasteiger partial charge in [0.05, 0.1) is 16.7 Å². The van der Waals surface area contributed by atoms with Crippen molar-refractivity contribution in [3.05, 3.63) is 112 Å². The van der Waals surface area contributed by atoms with Crippen molar-refractivity contribution in [1.29, 1.82) is 0 Å². The SMILES string of the molecule is Cc1ccc(OCC(=O)N/N=C\c2ccc(OC(=O)c3cccc4ccccc34)cc2)c([N+](=O)[O-])c1. The quantitative estimate of drug-likeness (QED) is 0.126. The monoisotopic (exact) mass is 483 g/mol. The first-order chi connectivity index (χ1) is 17.4. The largest absolute Gasteiger partial charge is 0.477 e. The average Bonchev–Trinajstić information content (AvgIpc) is 2.88. The van der Waals surface area contributed by atoms with Crippen molar-refractivity contribution < 1.29 is 24.0 Å². The maximum atomic E-state index is 12.7. The third-order valence-corrected chi connectivity index (χ3v) is 5.17. The molecule has 0 aliphatic rings. The first-order valence-electron chi connectivity index (χ1n) is 10.9. The highest BCUT2D eigenvalue weighted by Crippen LogP contribution is 2.27. The molecule has 36 heavy (non-hydrogen) atoms. The van der Waals surface area contributed by atoms with E-state index in [1.165, 1.54) is 18.3 Å². The minimum absolute atomic E-state index is 0.00151. The molecule has 0 unspecified atom stereocenters. The Morgan fingerprint density at radius 1 is 1.00 bits per heavy atom. The van der Waals surface area contributed by atoms with Crippen molar-refractivity contribution >= 4 is 34.6 Å². The second-order valence-electron chi connectivity index (χ2n) is 7.80. The third kappa shape index (κ3) is 5.89. The van der Waals surface area contributed by atoms with Crippen molar-refractivity contribution in [3.63, 3.8) is 0 Å². The maximum absolute atomic E-state index is 12.7. The van der Waals surface area contributed by atoms with Crippen LogP contribution in [0.4, 0.5) is 5.69 Å². The van der Waals surface area contributed by atoms with Crippen LogP contribution in [-0.4, -0.2) is 29.6 Å². The van der Waals surface area contributed by atoms with Gasteiger partial charge in [0.25, 0.3) is 5.91 Å². The van der Waals surface area contributed by atoms with Crippen molar-refractivity contribution in [2.75, 3.05) is 6.61 Å². The van der Waals surface area contributed by atoms with E-state index in [1.54, 1.807) is 49.4 Å². The van der Waals surface area contributed by atoms with E-state index in [0.717, 1.165) is 10.8 Å². The number of benzene rings is 4. The van der Waals surface area contributed by atoms with Crippen LogP contribution < -0.4 is 14.9 Å². The molecule has 0 aliphatic carbocycles. The molecule has 0 saturated heterocycles. The molecule has 1 N–H and O–H groups in total. The van der Waals surface area contributed by atoms with Gasteiger partial charge in [0.1, 0.15) is 5.75 Å². The number of amides is 1. The lowest BCUT2D eigenvalue weighted by atomic mass is 10.0. The molecule has 0 bridgehead atoms. The number of hydrazone groups is 1. The summed E-state index contributed by atoms with van der Waals surface area (Å²) in [6, 6.07) is 24.1. The van der Waals surface area contributed by atoms with Crippen LogP contribution in [0.15, 0.2) is 90.0 Å². The van der Waals surface area contributed by atoms with Crippen LogP contribution in [0.3, 0.4) is 0 Å². The molecule has 0 atom stereocenters. The van der Waals surface area contributed by atoms with Crippen LogP contribution in [0.25, 0.3) is 10.8 Å². The number of ether oxygens (including phenoxy) is 2. The van der Waals surface area contributed by atoms with Crippen LogP contribution in [0.1, 0.15) is 21.5 Å². The molecule has 0 spiro atoms. The second kappa shape index (κ2) is 10.9. The van der Waals surface area contributed by atoms with E-state index in [9.17, 15) is 19.7 Å². The Labute approximate surface area is 206 Å². The third-order valence-electron chi connectivity index (χ3n) is 5.17. The highest BCUT2D eigenvalue weighted by atomic mass is 16.6. The van der Waals surface area contributed by atoms with Gasteiger partial charge in [-0.15, -0.1) is 0 Å². The molecule has 4 rings (SSSR count). The van der Waals surface area contributed by atoms with Crippen LogP contribution in [-0.2, 0) is 4.79 Å². The summed E-state index contributed by atoms with van der Waals surface area (Å²) in [7, 11) is 0. The van der Waals surface area contributed by atoms with Gasteiger partial charge in [0, 0.05) is 6.07 Å². The summed E-state index contributed by atoms with van der Waals surface area (Å²) in [6.45, 7) is 1.28. The Morgan fingerprint density at radius 3 is 2.53 bits per heavy atom. The highest BCUT2D eigenvalue weighted by Gasteiger charge is 2.16. The first kappa shape index (κ1) is 24.1. The van der Waals surface area contributed by atoms with Gasteiger partial charge >= 0.3 is 11.7 Å². The van der Waals surface area contributed by atoms with Crippen LogP contribution >= 0.6 is 0 Å². The Hall–Kier alpha value is -5.05. The molecule has 0 radical (unpaired) electrons. The Kier molecular flexibility index (Phi) is 7.30. The molecular formula is C27H21N3O6. The summed E-state index contributed by atoms with van der Waals surface area (Å²) in [6.07, 6.45) is 1.41. The smallest absolute Gasteiger partial charge is 0.344 e. The Bertz CT molecular complexity index is 1460. The van der Waals surface area contributed by atoms with Gasteiger partial charge in [-0.25, -0.2) is 10.2 Å². The predicted molar refractivity (Wildman–Crippen MR) is 134 cm³/mol. The number of nitro benzene ring substituents is 1. The number of carbonyl (C=O) groups is 2. The lowest BCUT2D eigenvalue weighted by molar-refractivity contribution is -0.385. The number of fused-ring (bicyclic) bond motifs is 1. The van der Waals surface area contributed by atoms with E-state index in [1.807, 2.05) is 30.3 Å². The summed E-state index contributed by atoms with van der Waals surface area (Å²) in [5, 5.41) is 16.7. The van der Waals surface area contributed by atoms with E-state index in [-0.39, 0.29) is 11.4 Å². The number of rotatable bonds is 8. The number of aryl methyl sites for hydroxylation is 1. The van der Waals surface area contributed by atoms with Crippen molar-refractivity contribution in [1.82, 2.24) is 5.43 Å². The average molecular weight is 483 g/mol. The molecule has 180 valence electrons. The van der Waals surface area contributed by atoms with Crippen LogP contribution in [0.5, 0.6) is 11.5 Å². The topological polar surface area (TPSA) is 120 Å². The normalized spacial score (nSPS) is 10.8. The van der Waals surface area contributed by atoms with Crippen LogP contribution in [0, 0.1) is 17.0 Å². The lowest BCUT2D eigenvalue weighted by Crippen LogP contribution is -2.24. The molecule has 9 nitrogen and oxygen atoms in total. The van der Waals surface area contributed by atoms with E-state index in [2.05, 4.69) is 10.5 Å². The van der Waals surface area contributed by atoms with E-state index < -0.39 is 23.4 Å². The van der Waals surface area contributed by atoms with Crippen molar-refractivity contribution in [2.24, 2.45) is 5.10 Å². The number of hydrogen-bond donors (Lipinski definition) is 1. The van der Waals surface area contributed by atoms with Gasteiger partial charge in [0.15, 0.2) is 12.4 Å². The molecule has 0 heterocycles. The lowest BCUT2D eigenvalue weighted by Gasteiger charge is -2.07. The summed E-state index contributed by atoms with van der Waals surface area (Å²) in [5.41, 5.74) is 3.91. The van der Waals surface area contributed by atoms with E-state index in [4.69, 9.17) is 9.47 Å². The standard InChI is InChI=1S/C27H21N3O6/c1-18-9-14-25(24(15-18)30(33)34)35-17-26(31)29-28-16-19-10-12-21(13-11-19)36-27(32)23-8-4-6-20-5-2-3-7-22(20)23/h2-16H,17H2,1H3,(H,29,31)/b28-16-. The number of nitro groups is 1. The zero-order valence-electron chi connectivity index (χ0n) is 19.2. The summed E-state index contributed by atoms with van der Waals surface area (Å²) >= 11 is 0. The molecular weight excluding hydrogens is 462 g/mol. The fraction of sp³-hybridized carbons (Fsp3) is 0.0741. The van der Waals surface area contributed by atoms with Gasteiger partial charge in [-0.1, -0.05) is 42.5 Å². The molecule has 9 heteroatoms. The first-order valence-corrected chi connectivity index (χ1v) is 10.9. The highest BCUT2D eigenvalue weighted by molar-refractivity contribution is 6.05. The minimum atomic E-state index is -0.582. The fourth-order valence-corrected chi connectivity index (χ4v) is 3.43. The summed E-state index contributed by atoms with van der Waals surface area (Å²) in [4.78, 5) is 35.2. The van der Waals surface area contributed by atoms with Crippen molar-refractivity contribution in [2.45, 2.75) is 6.92 Å². The van der Waals surface area contributed by atoms with Gasteiger partial charge in [-0.05, 0) is 65.2 Å². The zero-order chi connectivity index (χ0) is 25.5. The number of carbonyl (C=O) groups excluding carboxylic acids is 2. The predicted octanol–water partition coefficient (Wildman–Crippen LogP) is 4.80. The summed E-state index contributed by atoms with van der Waals surface area (Å²) in [5.74, 6) is -0.684. The Morgan fingerprint density at radius 2 is 1.75 bits per heavy atom. The van der Waals surface area contributed by atoms with Crippen molar-refractivity contribution in [3.8, 4) is 11.5 Å². The van der Waals surface area contributed by atoms with E-state index >= 15 is 0 Å². The number of hydrogen-bond acceptors (Lipinski definition) is 7. The van der Waals surface area contributed by atoms with Gasteiger partial charge in [-0.2, -0.15) is 5.10 Å². The molecule has 1 amide bonds.